The molecule has 0 spiro atoms. The molecular weight excluding hydrogens is 518 g/mol. The third-order valence-electron chi connectivity index (χ3n) is 7.71. The van der Waals surface area contributed by atoms with Crippen molar-refractivity contribution in [2.45, 2.75) is 24.8 Å². The van der Waals surface area contributed by atoms with Crippen LogP contribution in [0.3, 0.4) is 0 Å². The van der Waals surface area contributed by atoms with E-state index in [4.69, 9.17) is 4.74 Å². The number of nitrogens with one attached hydrogen (secondary N) is 1. The van der Waals surface area contributed by atoms with Gasteiger partial charge in [-0.25, -0.2) is 0 Å². The molecule has 0 unspecified atom stereocenters. The highest BCUT2D eigenvalue weighted by atomic mass is 16.6. The highest BCUT2D eigenvalue weighted by Gasteiger charge is 2.42. The fourth-order valence-corrected chi connectivity index (χ4v) is 5.76. The SMILES string of the molecule is COc1ccc([C@H]2C3=C(C[C@@H](c4cccc([N+](=O)[O-])c4)CC3=O)Nc3ccccc3N2C(=O)c2ccccc2)cc1. The van der Waals surface area contributed by atoms with Crippen molar-refractivity contribution in [3.63, 3.8) is 0 Å². The zero-order valence-electron chi connectivity index (χ0n) is 22.3. The average molecular weight is 546 g/mol. The highest BCUT2D eigenvalue weighted by Crippen LogP contribution is 2.48. The summed E-state index contributed by atoms with van der Waals surface area (Å²) < 4.78 is 5.38. The van der Waals surface area contributed by atoms with Gasteiger partial charge in [-0.15, -0.1) is 0 Å². The number of carbonyl (C=O) groups is 2. The Morgan fingerprint density at radius 2 is 1.63 bits per heavy atom. The zero-order valence-corrected chi connectivity index (χ0v) is 22.3. The van der Waals surface area contributed by atoms with Gasteiger partial charge in [0.05, 0.1) is 29.4 Å². The summed E-state index contributed by atoms with van der Waals surface area (Å²) in [6.45, 7) is 0. The second-order valence-electron chi connectivity index (χ2n) is 10.1. The van der Waals surface area contributed by atoms with Crippen molar-refractivity contribution in [2.75, 3.05) is 17.3 Å². The molecule has 4 aromatic rings. The minimum Gasteiger partial charge on any atom is -0.497 e. The van der Waals surface area contributed by atoms with Gasteiger partial charge < -0.3 is 10.1 Å². The van der Waals surface area contributed by atoms with Crippen LogP contribution in [0.15, 0.2) is 114 Å². The Hall–Kier alpha value is -5.24. The van der Waals surface area contributed by atoms with Crippen molar-refractivity contribution < 1.29 is 19.2 Å². The molecule has 0 saturated carbocycles. The number of rotatable bonds is 5. The fourth-order valence-electron chi connectivity index (χ4n) is 5.76. The number of amides is 1. The lowest BCUT2D eigenvalue weighted by Gasteiger charge is -2.35. The third kappa shape index (κ3) is 4.84. The monoisotopic (exact) mass is 545 g/mol. The normalized spacial score (nSPS) is 18.1. The van der Waals surface area contributed by atoms with Crippen LogP contribution in [0.4, 0.5) is 17.1 Å². The molecular formula is C33H27N3O5. The first-order chi connectivity index (χ1) is 19.9. The molecule has 8 heteroatoms. The lowest BCUT2D eigenvalue weighted by molar-refractivity contribution is -0.384. The van der Waals surface area contributed by atoms with E-state index in [0.717, 1.165) is 11.1 Å². The van der Waals surface area contributed by atoms with E-state index in [1.54, 1.807) is 36.3 Å². The van der Waals surface area contributed by atoms with Gasteiger partial charge >= 0.3 is 0 Å². The molecule has 2 aliphatic rings. The van der Waals surface area contributed by atoms with Crippen molar-refractivity contribution in [3.05, 3.63) is 141 Å². The number of hydrogen-bond acceptors (Lipinski definition) is 6. The Bertz CT molecular complexity index is 1680. The summed E-state index contributed by atoms with van der Waals surface area (Å²) in [5, 5.41) is 14.9. The van der Waals surface area contributed by atoms with E-state index >= 15 is 0 Å². The number of carbonyl (C=O) groups excluding carboxylic acids is 2. The second-order valence-corrected chi connectivity index (χ2v) is 10.1. The molecule has 8 nitrogen and oxygen atoms in total. The summed E-state index contributed by atoms with van der Waals surface area (Å²) in [4.78, 5) is 41.1. The number of ether oxygens (including phenoxy) is 1. The van der Waals surface area contributed by atoms with E-state index in [-0.39, 0.29) is 29.7 Å². The van der Waals surface area contributed by atoms with Crippen LogP contribution in [0.2, 0.25) is 0 Å². The highest BCUT2D eigenvalue weighted by molar-refractivity contribution is 6.12. The molecule has 1 heterocycles. The predicted octanol–water partition coefficient (Wildman–Crippen LogP) is 6.82. The summed E-state index contributed by atoms with van der Waals surface area (Å²) in [6.07, 6.45) is 0.620. The van der Waals surface area contributed by atoms with Gasteiger partial charge in [0, 0.05) is 35.4 Å². The van der Waals surface area contributed by atoms with Gasteiger partial charge in [-0.1, -0.05) is 54.6 Å². The summed E-state index contributed by atoms with van der Waals surface area (Å²) in [5.41, 5.74) is 4.56. The average Bonchev–Trinajstić information content (AvgIpc) is 3.16. The molecule has 0 fully saturated rings. The molecule has 6 rings (SSSR count). The number of hydrogen-bond donors (Lipinski definition) is 1. The molecule has 2 atom stereocenters. The van der Waals surface area contributed by atoms with E-state index in [1.807, 2.05) is 72.8 Å². The summed E-state index contributed by atoms with van der Waals surface area (Å²) >= 11 is 0. The van der Waals surface area contributed by atoms with Crippen molar-refractivity contribution >= 4 is 28.8 Å². The fraction of sp³-hybridized carbons (Fsp3) is 0.152. The molecule has 0 bridgehead atoms. The van der Waals surface area contributed by atoms with E-state index in [9.17, 15) is 19.7 Å². The second kappa shape index (κ2) is 10.7. The number of fused-ring (bicyclic) bond motifs is 1. The first kappa shape index (κ1) is 26.0. The van der Waals surface area contributed by atoms with Gasteiger partial charge in [-0.05, 0) is 59.9 Å². The minimum absolute atomic E-state index is 0.00959. The Labute approximate surface area is 237 Å². The van der Waals surface area contributed by atoms with Crippen LogP contribution in [0.1, 0.15) is 46.3 Å². The van der Waals surface area contributed by atoms with Crippen LogP contribution in [0.5, 0.6) is 5.75 Å². The maximum absolute atomic E-state index is 14.3. The number of methoxy groups -OCH3 is 1. The number of nitro groups is 1. The molecule has 41 heavy (non-hydrogen) atoms. The number of para-hydroxylation sites is 2. The Balaban J connectivity index is 1.54. The molecule has 0 radical (unpaired) electrons. The number of nitrogens with zero attached hydrogens (tertiary/aromatic N) is 2. The largest absolute Gasteiger partial charge is 0.497 e. The first-order valence-electron chi connectivity index (χ1n) is 13.3. The quantitative estimate of drug-likeness (QED) is 0.218. The van der Waals surface area contributed by atoms with Crippen LogP contribution in [0.25, 0.3) is 0 Å². The summed E-state index contributed by atoms with van der Waals surface area (Å²) in [5.74, 6) is 0.0585. The van der Waals surface area contributed by atoms with Crippen LogP contribution in [-0.2, 0) is 4.79 Å². The number of allylic oxidation sites excluding steroid dienone is 1. The van der Waals surface area contributed by atoms with E-state index in [2.05, 4.69) is 5.32 Å². The number of nitro benzene ring substituents is 1. The number of anilines is 2. The minimum atomic E-state index is -0.710. The van der Waals surface area contributed by atoms with E-state index < -0.39 is 11.0 Å². The maximum Gasteiger partial charge on any atom is 0.269 e. The summed E-state index contributed by atoms with van der Waals surface area (Å²) in [7, 11) is 1.59. The van der Waals surface area contributed by atoms with Crippen molar-refractivity contribution in [3.8, 4) is 5.75 Å². The number of benzene rings is 4. The van der Waals surface area contributed by atoms with Crippen LogP contribution >= 0.6 is 0 Å². The number of ketones is 1. The van der Waals surface area contributed by atoms with Crippen LogP contribution in [-0.4, -0.2) is 23.7 Å². The van der Waals surface area contributed by atoms with Gasteiger partial charge in [0.1, 0.15) is 5.75 Å². The number of Topliss-reactive ketones (excluding diaryl/α,β-unsaturated/α-hetero) is 1. The Morgan fingerprint density at radius 3 is 2.37 bits per heavy atom. The van der Waals surface area contributed by atoms with Crippen molar-refractivity contribution in [1.82, 2.24) is 0 Å². The molecule has 4 aromatic carbocycles. The van der Waals surface area contributed by atoms with Crippen molar-refractivity contribution in [1.29, 1.82) is 0 Å². The smallest absolute Gasteiger partial charge is 0.269 e. The van der Waals surface area contributed by atoms with Gasteiger partial charge in [-0.3, -0.25) is 24.6 Å². The summed E-state index contributed by atoms with van der Waals surface area (Å²) in [6, 6.07) is 29.7. The number of non-ortho nitro benzene ring substituents is 1. The molecule has 1 aliphatic carbocycles. The molecule has 204 valence electrons. The third-order valence-corrected chi connectivity index (χ3v) is 7.71. The van der Waals surface area contributed by atoms with Gasteiger partial charge in [0.2, 0.25) is 0 Å². The zero-order chi connectivity index (χ0) is 28.5. The standard InChI is InChI=1S/C33H27N3O5/c1-41-26-16-14-21(15-17-26)32-31-28(19-24(20-30(31)37)23-10-7-11-25(18-23)36(39)40)34-27-12-5-6-13-29(27)35(32)33(38)22-8-3-2-4-9-22/h2-18,24,32,34H,19-20H2,1H3/t24-,32+/m1/s1. The van der Waals surface area contributed by atoms with Crippen LogP contribution < -0.4 is 15.0 Å². The van der Waals surface area contributed by atoms with Crippen LogP contribution in [0, 0.1) is 10.1 Å². The van der Waals surface area contributed by atoms with Crippen molar-refractivity contribution in [2.24, 2.45) is 0 Å². The molecule has 1 aliphatic heterocycles. The Morgan fingerprint density at radius 1 is 0.902 bits per heavy atom. The first-order valence-corrected chi connectivity index (χ1v) is 13.3. The molecule has 1 N–H and O–H groups in total. The Kier molecular flexibility index (Phi) is 6.81. The maximum atomic E-state index is 14.3. The topological polar surface area (TPSA) is 102 Å². The molecule has 1 amide bonds. The van der Waals surface area contributed by atoms with E-state index in [0.29, 0.717) is 40.4 Å². The molecule has 0 saturated heterocycles. The van der Waals surface area contributed by atoms with E-state index in [1.165, 1.54) is 6.07 Å². The lowest BCUT2D eigenvalue weighted by atomic mass is 9.78. The van der Waals surface area contributed by atoms with Gasteiger partial charge in [0.15, 0.2) is 5.78 Å². The van der Waals surface area contributed by atoms with Gasteiger partial charge in [-0.2, -0.15) is 0 Å². The lowest BCUT2D eigenvalue weighted by Crippen LogP contribution is -2.38. The molecule has 0 aromatic heterocycles. The van der Waals surface area contributed by atoms with Gasteiger partial charge in [0.25, 0.3) is 11.6 Å². The predicted molar refractivity (Wildman–Crippen MR) is 156 cm³/mol.